The smallest absolute Gasteiger partial charge is 0.235 e. The molecular weight excluding hydrogens is 390 g/mol. The molecule has 4 aliphatic rings. The van der Waals surface area contributed by atoms with E-state index in [9.17, 15) is 9.59 Å². The van der Waals surface area contributed by atoms with Crippen LogP contribution in [0.5, 0.6) is 11.5 Å². The van der Waals surface area contributed by atoms with E-state index in [1.165, 1.54) is 0 Å². The minimum absolute atomic E-state index is 0.168. The van der Waals surface area contributed by atoms with E-state index in [1.54, 1.807) is 17.9 Å². The second-order valence-corrected chi connectivity index (χ2v) is 8.03. The number of anilines is 1. The van der Waals surface area contributed by atoms with Gasteiger partial charge >= 0.3 is 0 Å². The summed E-state index contributed by atoms with van der Waals surface area (Å²) in [4.78, 5) is 27.9. The normalized spacial score (nSPS) is 30.2. The Bertz CT molecular complexity index is 1090. The number of aromatic nitrogens is 1. The molecule has 4 atom stereocenters. The first-order valence-corrected chi connectivity index (χ1v) is 9.82. The van der Waals surface area contributed by atoms with Gasteiger partial charge in [0.2, 0.25) is 18.6 Å². The molecule has 2 amide bonds. The van der Waals surface area contributed by atoms with Crippen molar-refractivity contribution in [3.63, 3.8) is 0 Å². The second-order valence-electron chi connectivity index (χ2n) is 8.03. The molecule has 5 heterocycles. The minimum atomic E-state index is -0.796. The number of aryl methyl sites for hydroxylation is 1. The highest BCUT2D eigenvalue weighted by atomic mass is 16.7. The summed E-state index contributed by atoms with van der Waals surface area (Å²) >= 11 is 0. The fraction of sp³-hybridized carbons (Fsp3) is 0.381. The first-order chi connectivity index (χ1) is 14.5. The summed E-state index contributed by atoms with van der Waals surface area (Å²) in [6.45, 7) is 2.61. The van der Waals surface area contributed by atoms with Gasteiger partial charge in [0.15, 0.2) is 17.3 Å². The molecule has 9 nitrogen and oxygen atoms in total. The van der Waals surface area contributed by atoms with Crippen LogP contribution < -0.4 is 19.7 Å². The van der Waals surface area contributed by atoms with Crippen molar-refractivity contribution >= 4 is 17.6 Å². The van der Waals surface area contributed by atoms with Gasteiger partial charge in [-0.25, -0.2) is 0 Å². The number of carbonyl (C=O) groups is 2. The van der Waals surface area contributed by atoms with Gasteiger partial charge in [0.1, 0.15) is 11.4 Å². The van der Waals surface area contributed by atoms with Crippen LogP contribution in [0.4, 0.5) is 5.82 Å². The molecule has 4 aliphatic heterocycles. The van der Waals surface area contributed by atoms with E-state index < -0.39 is 23.5 Å². The Balaban J connectivity index is 1.21. The van der Waals surface area contributed by atoms with Gasteiger partial charge in [0, 0.05) is 12.6 Å². The van der Waals surface area contributed by atoms with Gasteiger partial charge in [0.25, 0.3) is 0 Å². The lowest BCUT2D eigenvalue weighted by molar-refractivity contribution is -0.132. The van der Waals surface area contributed by atoms with Gasteiger partial charge in [-0.1, -0.05) is 23.4 Å². The van der Waals surface area contributed by atoms with Crippen LogP contribution in [0.3, 0.4) is 0 Å². The number of rotatable bonds is 4. The van der Waals surface area contributed by atoms with E-state index in [4.69, 9.17) is 18.7 Å². The number of nitrogens with one attached hydrogen (secondary N) is 1. The van der Waals surface area contributed by atoms with Crippen LogP contribution in [0.1, 0.15) is 11.3 Å². The maximum Gasteiger partial charge on any atom is 0.235 e. The van der Waals surface area contributed by atoms with Crippen molar-refractivity contribution in [2.75, 3.05) is 18.2 Å². The van der Waals surface area contributed by atoms with Crippen molar-refractivity contribution in [2.45, 2.75) is 25.2 Å². The van der Waals surface area contributed by atoms with Crippen LogP contribution in [-0.2, 0) is 20.9 Å². The summed E-state index contributed by atoms with van der Waals surface area (Å²) in [5, 5.41) is 6.91. The summed E-state index contributed by atoms with van der Waals surface area (Å²) in [5.74, 6) is 0.872. The average molecular weight is 409 g/mol. The number of carbonyl (C=O) groups excluding carboxylic acids is 2. The van der Waals surface area contributed by atoms with Crippen molar-refractivity contribution in [1.82, 2.24) is 10.5 Å². The van der Waals surface area contributed by atoms with Crippen LogP contribution in [0.25, 0.3) is 0 Å². The van der Waals surface area contributed by atoms with Gasteiger partial charge in [-0.15, -0.1) is 0 Å². The molecule has 2 aromatic rings. The van der Waals surface area contributed by atoms with Crippen LogP contribution >= 0.6 is 0 Å². The predicted molar refractivity (Wildman–Crippen MR) is 102 cm³/mol. The third kappa shape index (κ3) is 2.41. The fourth-order valence-electron chi connectivity index (χ4n) is 4.83. The van der Waals surface area contributed by atoms with Gasteiger partial charge in [-0.3, -0.25) is 14.5 Å². The molecule has 0 unspecified atom stereocenters. The Kier molecular flexibility index (Phi) is 3.55. The molecule has 9 heteroatoms. The Morgan fingerprint density at radius 3 is 3.00 bits per heavy atom. The van der Waals surface area contributed by atoms with Gasteiger partial charge in [-0.2, -0.15) is 0 Å². The maximum atomic E-state index is 13.2. The summed E-state index contributed by atoms with van der Waals surface area (Å²) in [7, 11) is 0. The number of benzene rings is 1. The number of hydrogen-bond donors (Lipinski definition) is 1. The molecule has 1 spiro atoms. The van der Waals surface area contributed by atoms with Crippen molar-refractivity contribution < 1.29 is 28.3 Å². The first kappa shape index (κ1) is 17.5. The van der Waals surface area contributed by atoms with Crippen molar-refractivity contribution in [1.29, 1.82) is 0 Å². The highest BCUT2D eigenvalue weighted by Crippen LogP contribution is 2.52. The second kappa shape index (κ2) is 6.09. The van der Waals surface area contributed by atoms with Crippen LogP contribution in [0.2, 0.25) is 0 Å². The Morgan fingerprint density at radius 1 is 1.30 bits per heavy atom. The molecule has 0 saturated carbocycles. The standard InChI is InChI=1S/C21H19N3O6/c1-11-6-16(23-30-11)24-9-21-5-4-14(29-21)17(18(21)20(24)26)19(25)22-8-12-2-3-13-15(7-12)28-10-27-13/h2-7,14,17-18H,8-10H2,1H3,(H,22,25)/t14-,17-,18+,21+/m0/s1. The molecule has 1 aromatic carbocycles. The number of ether oxygens (including phenoxy) is 3. The van der Waals surface area contributed by atoms with Gasteiger partial charge in [0.05, 0.1) is 24.5 Å². The van der Waals surface area contributed by atoms with E-state index in [0.717, 1.165) is 5.56 Å². The Morgan fingerprint density at radius 2 is 2.17 bits per heavy atom. The number of nitrogens with zero attached hydrogens (tertiary/aromatic N) is 2. The zero-order valence-corrected chi connectivity index (χ0v) is 16.2. The third-order valence-corrected chi connectivity index (χ3v) is 6.20. The molecular formula is C21H19N3O6. The summed E-state index contributed by atoms with van der Waals surface area (Å²) < 4.78 is 21.9. The molecule has 1 N–H and O–H groups in total. The zero-order valence-electron chi connectivity index (χ0n) is 16.2. The first-order valence-electron chi connectivity index (χ1n) is 9.82. The molecule has 1 aromatic heterocycles. The largest absolute Gasteiger partial charge is 0.454 e. The molecule has 2 saturated heterocycles. The Labute approximate surface area is 171 Å². The lowest BCUT2D eigenvalue weighted by Gasteiger charge is -2.23. The third-order valence-electron chi connectivity index (χ3n) is 6.20. The molecule has 154 valence electrons. The van der Waals surface area contributed by atoms with Crippen molar-refractivity contribution in [3.8, 4) is 11.5 Å². The molecule has 0 aliphatic carbocycles. The van der Waals surface area contributed by atoms with E-state index in [-0.39, 0.29) is 18.6 Å². The number of fused-ring (bicyclic) bond motifs is 2. The van der Waals surface area contributed by atoms with Crippen LogP contribution in [0, 0.1) is 18.8 Å². The number of amides is 2. The van der Waals surface area contributed by atoms with E-state index in [1.807, 2.05) is 30.4 Å². The van der Waals surface area contributed by atoms with E-state index in [0.29, 0.717) is 36.2 Å². The lowest BCUT2D eigenvalue weighted by Crippen LogP contribution is -2.44. The topological polar surface area (TPSA) is 103 Å². The SMILES string of the molecule is Cc1cc(N2C[C@@]34C=C[C@H](O3)[C@H](C(=O)NCc3ccc5c(c3)OCO5)[C@@H]4C2=O)no1. The minimum Gasteiger partial charge on any atom is -0.454 e. The van der Waals surface area contributed by atoms with E-state index >= 15 is 0 Å². The van der Waals surface area contributed by atoms with Crippen LogP contribution in [-0.4, -0.2) is 42.0 Å². The average Bonchev–Trinajstić information content (AvgIpc) is 3.53. The zero-order chi connectivity index (χ0) is 20.5. The van der Waals surface area contributed by atoms with Crippen molar-refractivity contribution in [2.24, 2.45) is 11.8 Å². The van der Waals surface area contributed by atoms with E-state index in [2.05, 4.69) is 10.5 Å². The van der Waals surface area contributed by atoms with Gasteiger partial charge < -0.3 is 24.1 Å². The maximum absolute atomic E-state index is 13.2. The Hall–Kier alpha value is -3.33. The molecule has 2 fully saturated rings. The lowest BCUT2D eigenvalue weighted by atomic mass is 9.77. The van der Waals surface area contributed by atoms with Crippen LogP contribution in [0.15, 0.2) is 40.9 Å². The quantitative estimate of drug-likeness (QED) is 0.760. The van der Waals surface area contributed by atoms with Gasteiger partial charge in [-0.05, 0) is 24.6 Å². The molecule has 2 bridgehead atoms. The molecule has 6 rings (SSSR count). The highest BCUT2D eigenvalue weighted by molar-refractivity contribution is 6.02. The summed E-state index contributed by atoms with van der Waals surface area (Å²) in [5.41, 5.74) is 0.0920. The molecule has 30 heavy (non-hydrogen) atoms. The predicted octanol–water partition coefficient (Wildman–Crippen LogP) is 1.31. The monoisotopic (exact) mass is 409 g/mol. The molecule has 0 radical (unpaired) electrons. The fourth-order valence-corrected chi connectivity index (χ4v) is 4.83. The highest BCUT2D eigenvalue weighted by Gasteiger charge is 2.67. The summed E-state index contributed by atoms with van der Waals surface area (Å²) in [6.07, 6.45) is 3.39. The van der Waals surface area contributed by atoms with Crippen molar-refractivity contribution in [3.05, 3.63) is 47.7 Å². The number of hydrogen-bond acceptors (Lipinski definition) is 7. The summed E-state index contributed by atoms with van der Waals surface area (Å²) in [6, 6.07) is 7.25.